The number of carbonyl (C=O) groups excluding carboxylic acids is 1. The molecule has 0 aromatic heterocycles. The Morgan fingerprint density at radius 3 is 2.28 bits per heavy atom. The highest BCUT2D eigenvalue weighted by Crippen LogP contribution is 2.38. The molecule has 2 atom stereocenters. The predicted molar refractivity (Wildman–Crippen MR) is 176 cm³/mol. The van der Waals surface area contributed by atoms with Gasteiger partial charge in [-0.3, -0.25) is 4.79 Å². The number of benzene rings is 2. The highest BCUT2D eigenvalue weighted by Gasteiger charge is 2.35. The minimum absolute atomic E-state index is 0.0341. The molecule has 5 nitrogen and oxygen atoms in total. The van der Waals surface area contributed by atoms with Crippen LogP contribution in [0.4, 0.5) is 14.5 Å². The van der Waals surface area contributed by atoms with Gasteiger partial charge in [-0.05, 0) is 79.5 Å². The summed E-state index contributed by atoms with van der Waals surface area (Å²) in [5.74, 6) is -1.41. The average Bonchev–Trinajstić information content (AvgIpc) is 3.00. The first kappa shape index (κ1) is 36.2. The fourth-order valence-corrected chi connectivity index (χ4v) is 5.54. The zero-order valence-electron chi connectivity index (χ0n) is 27.2. The first-order chi connectivity index (χ1) is 20.4. The van der Waals surface area contributed by atoms with Crippen LogP contribution in [0.3, 0.4) is 0 Å². The van der Waals surface area contributed by atoms with Gasteiger partial charge in [0.25, 0.3) is 5.91 Å². The van der Waals surface area contributed by atoms with Gasteiger partial charge in [0.15, 0.2) is 0 Å². The summed E-state index contributed by atoms with van der Waals surface area (Å²) in [6.07, 6.45) is 7.59. The van der Waals surface area contributed by atoms with Crippen molar-refractivity contribution in [3.63, 3.8) is 0 Å². The van der Waals surface area contributed by atoms with E-state index in [0.29, 0.717) is 24.9 Å². The molecule has 3 rings (SSSR count). The second-order valence-corrected chi connectivity index (χ2v) is 12.2. The Bertz CT molecular complexity index is 1190. The Morgan fingerprint density at radius 1 is 1.05 bits per heavy atom. The molecule has 0 spiro atoms. The Hall–Kier alpha value is -3.03. The second-order valence-electron chi connectivity index (χ2n) is 12.2. The maximum absolute atomic E-state index is 14.0. The second kappa shape index (κ2) is 17.3. The van der Waals surface area contributed by atoms with Gasteiger partial charge >= 0.3 is 0 Å². The molecule has 1 fully saturated rings. The van der Waals surface area contributed by atoms with Crippen molar-refractivity contribution in [2.45, 2.75) is 110 Å². The third kappa shape index (κ3) is 11.2. The number of hydrogen-bond acceptors (Lipinski definition) is 4. The maximum Gasteiger partial charge on any atom is 0.251 e. The van der Waals surface area contributed by atoms with Gasteiger partial charge in [0.2, 0.25) is 0 Å². The van der Waals surface area contributed by atoms with Crippen LogP contribution in [0.5, 0.6) is 0 Å². The molecule has 2 aromatic rings. The quantitative estimate of drug-likeness (QED) is 0.185. The summed E-state index contributed by atoms with van der Waals surface area (Å²) in [6, 6.07) is 15.4. The van der Waals surface area contributed by atoms with E-state index in [1.165, 1.54) is 30.5 Å². The minimum Gasteiger partial charge on any atom is -0.390 e. The molecule has 238 valence electrons. The zero-order chi connectivity index (χ0) is 32.0. The summed E-state index contributed by atoms with van der Waals surface area (Å²) in [5.41, 5.74) is 3.63. The molecule has 43 heavy (non-hydrogen) atoms. The van der Waals surface area contributed by atoms with Gasteiger partial charge in [-0.25, -0.2) is 8.78 Å². The Balaban J connectivity index is 0.00000316. The van der Waals surface area contributed by atoms with Crippen LogP contribution in [0.1, 0.15) is 108 Å². The van der Waals surface area contributed by atoms with Gasteiger partial charge < -0.3 is 21.1 Å². The van der Waals surface area contributed by atoms with Crippen molar-refractivity contribution < 1.29 is 18.7 Å². The van der Waals surface area contributed by atoms with E-state index in [9.17, 15) is 18.7 Å². The van der Waals surface area contributed by atoms with Gasteiger partial charge in [0.05, 0.1) is 18.0 Å². The molecule has 1 saturated carbocycles. The zero-order valence-corrected chi connectivity index (χ0v) is 27.2. The van der Waals surface area contributed by atoms with E-state index in [-0.39, 0.29) is 16.9 Å². The van der Waals surface area contributed by atoms with Crippen LogP contribution in [-0.4, -0.2) is 36.8 Å². The van der Waals surface area contributed by atoms with Crippen LogP contribution in [0, 0.1) is 0 Å². The van der Waals surface area contributed by atoms with Crippen LogP contribution in [0.15, 0.2) is 72.3 Å². The number of nitrogens with one attached hydrogen (secondary N) is 3. The molecular weight excluding hydrogens is 544 g/mol. The van der Waals surface area contributed by atoms with Gasteiger partial charge in [-0.1, -0.05) is 78.1 Å². The summed E-state index contributed by atoms with van der Waals surface area (Å²) >= 11 is 0. The smallest absolute Gasteiger partial charge is 0.251 e. The van der Waals surface area contributed by atoms with Crippen LogP contribution >= 0.6 is 0 Å². The van der Waals surface area contributed by atoms with Crippen molar-refractivity contribution >= 4 is 11.6 Å². The predicted octanol–water partition coefficient (Wildman–Crippen LogP) is 8.47. The maximum atomic E-state index is 14.0. The molecule has 4 N–H and O–H groups in total. The standard InChI is InChI=1S/C34H47F2N3O2.C2H6/c1-24(35)21-28(36)13-10-14-30(39-29-17-15-25(16-18-29)32(41)37-5)31(40)23-38-34(19-7-6-8-20-34)27-12-9-11-26(22-27)33(2,3)4;1-2/h9,11-13,15-18,21-22,30-31,38-40H,6-8,10,14,19-20,23H2,1-5H3,(H,37,41);1-2H3/b24-21+,28-13+;/t30-,31?;/m0./s1. The molecule has 0 bridgehead atoms. The molecule has 7 heteroatoms. The Kier molecular flexibility index (Phi) is 14.6. The monoisotopic (exact) mass is 597 g/mol. The summed E-state index contributed by atoms with van der Waals surface area (Å²) < 4.78 is 27.1. The van der Waals surface area contributed by atoms with Crippen LogP contribution < -0.4 is 16.0 Å². The largest absolute Gasteiger partial charge is 0.390 e. The van der Waals surface area contributed by atoms with Crippen molar-refractivity contribution in [3.05, 3.63) is 89.0 Å². The van der Waals surface area contributed by atoms with E-state index in [2.05, 4.69) is 61.0 Å². The number of anilines is 1. The molecule has 0 aliphatic heterocycles. The van der Waals surface area contributed by atoms with Crippen molar-refractivity contribution in [2.75, 3.05) is 18.9 Å². The fraction of sp³-hybridized carbons (Fsp3) is 0.528. The third-order valence-corrected chi connectivity index (χ3v) is 7.98. The fourth-order valence-electron chi connectivity index (χ4n) is 5.54. The molecule has 1 amide bonds. The Morgan fingerprint density at radius 2 is 1.70 bits per heavy atom. The minimum atomic E-state index is -0.784. The highest BCUT2D eigenvalue weighted by atomic mass is 19.1. The van der Waals surface area contributed by atoms with Gasteiger partial charge in [-0.15, -0.1) is 0 Å². The van der Waals surface area contributed by atoms with E-state index in [0.717, 1.165) is 37.4 Å². The van der Waals surface area contributed by atoms with Crippen LogP contribution in [0.2, 0.25) is 0 Å². The number of halogens is 2. The van der Waals surface area contributed by atoms with Crippen molar-refractivity contribution in [1.82, 2.24) is 10.6 Å². The molecule has 0 saturated heterocycles. The number of aliphatic hydroxyl groups is 1. The normalized spacial score (nSPS) is 16.9. The lowest BCUT2D eigenvalue weighted by Gasteiger charge is -2.41. The average molecular weight is 598 g/mol. The topological polar surface area (TPSA) is 73.4 Å². The Labute approximate surface area is 258 Å². The van der Waals surface area contributed by atoms with Crippen molar-refractivity contribution in [1.29, 1.82) is 0 Å². The van der Waals surface area contributed by atoms with Crippen LogP contribution in [0.25, 0.3) is 0 Å². The molecular formula is C36H53F2N3O2. The molecule has 0 radical (unpaired) electrons. The lowest BCUT2D eigenvalue weighted by atomic mass is 9.74. The molecule has 1 unspecified atom stereocenters. The lowest BCUT2D eigenvalue weighted by Crippen LogP contribution is -2.50. The van der Waals surface area contributed by atoms with Gasteiger partial charge in [0.1, 0.15) is 5.83 Å². The van der Waals surface area contributed by atoms with E-state index in [1.54, 1.807) is 31.3 Å². The summed E-state index contributed by atoms with van der Waals surface area (Å²) in [6.45, 7) is 12.2. The van der Waals surface area contributed by atoms with E-state index >= 15 is 0 Å². The van der Waals surface area contributed by atoms with Crippen molar-refractivity contribution in [3.8, 4) is 0 Å². The lowest BCUT2D eigenvalue weighted by molar-refractivity contribution is 0.0963. The van der Waals surface area contributed by atoms with E-state index in [1.807, 2.05) is 13.8 Å². The SMILES string of the molecule is CC.CNC(=O)c1ccc(N[C@@H](CC/C=C(F)\C=C(/C)F)C(O)CNC2(c3cccc(C(C)(C)C)c3)CCCCC2)cc1. The molecule has 2 aromatic carbocycles. The summed E-state index contributed by atoms with van der Waals surface area (Å²) in [7, 11) is 1.58. The van der Waals surface area contributed by atoms with E-state index in [4.69, 9.17) is 0 Å². The van der Waals surface area contributed by atoms with Crippen molar-refractivity contribution in [2.24, 2.45) is 0 Å². The number of hydrogen-bond donors (Lipinski definition) is 4. The molecule has 1 aliphatic rings. The first-order valence-electron chi connectivity index (χ1n) is 15.8. The summed E-state index contributed by atoms with van der Waals surface area (Å²) in [4.78, 5) is 11.9. The van der Waals surface area contributed by atoms with E-state index < -0.39 is 23.8 Å². The third-order valence-electron chi connectivity index (χ3n) is 7.98. The molecule has 0 heterocycles. The number of allylic oxidation sites excluding steroid dienone is 4. The number of aliphatic hydroxyl groups excluding tert-OH is 1. The van der Waals surface area contributed by atoms with Gasteiger partial charge in [0, 0.05) is 36.5 Å². The number of rotatable bonds is 12. The molecule has 1 aliphatic carbocycles. The number of carbonyl (C=O) groups is 1. The summed E-state index contributed by atoms with van der Waals surface area (Å²) in [5, 5.41) is 21.2. The highest BCUT2D eigenvalue weighted by molar-refractivity contribution is 5.94. The van der Waals surface area contributed by atoms with Gasteiger partial charge in [-0.2, -0.15) is 0 Å². The first-order valence-corrected chi connectivity index (χ1v) is 15.8. The number of amides is 1. The van der Waals surface area contributed by atoms with Crippen LogP contribution in [-0.2, 0) is 11.0 Å².